The number of aromatic nitrogens is 2. The number of hydrogen-bond acceptors (Lipinski definition) is 2. The molecule has 0 saturated heterocycles. The molecule has 31 heavy (non-hydrogen) atoms. The zero-order valence-electron chi connectivity index (χ0n) is 16.5. The van der Waals surface area contributed by atoms with Crippen molar-refractivity contribution < 1.29 is 18.7 Å². The van der Waals surface area contributed by atoms with Crippen LogP contribution < -0.4 is 0 Å². The minimum absolute atomic E-state index is 0.0882. The Hall–Kier alpha value is -2.44. The van der Waals surface area contributed by atoms with Crippen LogP contribution in [-0.2, 0) is 6.42 Å². The Morgan fingerprint density at radius 2 is 1.84 bits per heavy atom. The Kier molecular flexibility index (Phi) is 6.30. The van der Waals surface area contributed by atoms with Crippen molar-refractivity contribution in [2.24, 2.45) is 5.92 Å². The number of imidazole rings is 1. The van der Waals surface area contributed by atoms with Crippen LogP contribution in [0.15, 0.2) is 36.4 Å². The predicted octanol–water partition coefficient (Wildman–Crippen LogP) is 6.95. The quantitative estimate of drug-likeness (QED) is 0.444. The van der Waals surface area contributed by atoms with Crippen molar-refractivity contribution in [3.63, 3.8) is 0 Å². The second-order valence-corrected chi connectivity index (χ2v) is 8.59. The molecular formula is C23H20Cl2F2N2O2. The van der Waals surface area contributed by atoms with E-state index in [9.17, 15) is 14.3 Å². The zero-order chi connectivity index (χ0) is 22.1. The number of nitrogens with zero attached hydrogens (tertiary/aromatic N) is 2. The van der Waals surface area contributed by atoms with Crippen LogP contribution in [0.5, 0.6) is 0 Å². The van der Waals surface area contributed by atoms with Gasteiger partial charge in [-0.25, -0.2) is 18.6 Å². The fraction of sp³-hybridized carbons (Fsp3) is 0.304. The van der Waals surface area contributed by atoms with E-state index in [4.69, 9.17) is 23.2 Å². The maximum Gasteiger partial charge on any atom is 0.356 e. The Bertz CT molecular complexity index is 1140. The molecule has 1 aromatic heterocycles. The van der Waals surface area contributed by atoms with Gasteiger partial charge in [-0.05, 0) is 36.2 Å². The molecule has 1 N–H and O–H groups in total. The van der Waals surface area contributed by atoms with Crippen molar-refractivity contribution in [3.05, 3.63) is 69.6 Å². The Morgan fingerprint density at radius 1 is 1.10 bits per heavy atom. The third-order valence-corrected chi connectivity index (χ3v) is 6.29. The number of aromatic carboxylic acids is 1. The van der Waals surface area contributed by atoms with E-state index < -0.39 is 17.6 Å². The molecule has 1 aliphatic rings. The summed E-state index contributed by atoms with van der Waals surface area (Å²) in [7, 11) is 0. The number of hydrogen-bond donors (Lipinski definition) is 1. The molecule has 0 amide bonds. The molecule has 4 rings (SSSR count). The Balaban J connectivity index is 1.97. The van der Waals surface area contributed by atoms with Gasteiger partial charge >= 0.3 is 5.97 Å². The first-order chi connectivity index (χ1) is 14.9. The summed E-state index contributed by atoms with van der Waals surface area (Å²) in [5.41, 5.74) is 0.313. The lowest BCUT2D eigenvalue weighted by Gasteiger charge is -2.22. The molecule has 8 heteroatoms. The van der Waals surface area contributed by atoms with E-state index in [1.807, 2.05) is 0 Å². The third-order valence-electron chi connectivity index (χ3n) is 5.71. The highest BCUT2D eigenvalue weighted by molar-refractivity contribution is 6.31. The van der Waals surface area contributed by atoms with Crippen molar-refractivity contribution in [1.82, 2.24) is 9.55 Å². The summed E-state index contributed by atoms with van der Waals surface area (Å²) < 4.78 is 30.4. The lowest BCUT2D eigenvalue weighted by molar-refractivity contribution is 0.0691. The standard InChI is InChI=1S/C23H20Cl2F2N2O2/c24-15-7-4-8-18(20(15)27)29-19(11-13-5-2-1-3-6-13)28-21(23(30)31)22(29)14-9-10-17(26)16(25)12-14/h4,7-10,12-13H,1-3,5-6,11H2,(H,30,31). The average Bonchev–Trinajstić information content (AvgIpc) is 3.12. The summed E-state index contributed by atoms with van der Waals surface area (Å²) in [6, 6.07) is 8.42. The lowest BCUT2D eigenvalue weighted by atomic mass is 9.87. The fourth-order valence-corrected chi connectivity index (χ4v) is 4.59. The highest BCUT2D eigenvalue weighted by Crippen LogP contribution is 2.36. The maximum absolute atomic E-state index is 15.1. The molecule has 1 heterocycles. The molecule has 1 fully saturated rings. The monoisotopic (exact) mass is 464 g/mol. The molecule has 0 spiro atoms. The molecule has 162 valence electrons. The van der Waals surface area contributed by atoms with Gasteiger partial charge < -0.3 is 5.11 Å². The summed E-state index contributed by atoms with van der Waals surface area (Å²) in [5.74, 6) is -1.83. The number of halogens is 4. The average molecular weight is 465 g/mol. The Morgan fingerprint density at radius 3 is 2.52 bits per heavy atom. The maximum atomic E-state index is 15.1. The number of carbonyl (C=O) groups is 1. The molecule has 1 aliphatic carbocycles. The van der Waals surface area contributed by atoms with E-state index in [0.717, 1.165) is 31.7 Å². The highest BCUT2D eigenvalue weighted by atomic mass is 35.5. The van der Waals surface area contributed by atoms with Gasteiger partial charge in [-0.1, -0.05) is 61.4 Å². The number of benzene rings is 2. The predicted molar refractivity (Wildman–Crippen MR) is 116 cm³/mol. The SMILES string of the molecule is O=C(O)c1nc(CC2CCCCC2)n(-c2cccc(Cl)c2F)c1-c1ccc(F)c(Cl)c1. The molecule has 0 bridgehead atoms. The van der Waals surface area contributed by atoms with Gasteiger partial charge in [0.05, 0.1) is 21.4 Å². The van der Waals surface area contributed by atoms with Gasteiger partial charge in [0.25, 0.3) is 0 Å². The van der Waals surface area contributed by atoms with E-state index in [-0.39, 0.29) is 27.1 Å². The molecule has 0 unspecified atom stereocenters. The van der Waals surface area contributed by atoms with Crippen LogP contribution in [0, 0.1) is 17.6 Å². The van der Waals surface area contributed by atoms with Crippen LogP contribution in [0.1, 0.15) is 48.4 Å². The normalized spacial score (nSPS) is 14.7. The van der Waals surface area contributed by atoms with E-state index in [1.165, 1.54) is 35.3 Å². The van der Waals surface area contributed by atoms with Crippen LogP contribution in [-0.4, -0.2) is 20.6 Å². The minimum atomic E-state index is -1.26. The van der Waals surface area contributed by atoms with E-state index >= 15 is 4.39 Å². The van der Waals surface area contributed by atoms with Gasteiger partial charge in [0.15, 0.2) is 11.5 Å². The van der Waals surface area contributed by atoms with E-state index in [0.29, 0.717) is 23.7 Å². The molecule has 1 saturated carbocycles. The second-order valence-electron chi connectivity index (χ2n) is 7.78. The van der Waals surface area contributed by atoms with Crippen LogP contribution in [0.25, 0.3) is 16.9 Å². The van der Waals surface area contributed by atoms with Crippen LogP contribution in [0.3, 0.4) is 0 Å². The van der Waals surface area contributed by atoms with E-state index in [2.05, 4.69) is 4.98 Å². The first-order valence-electron chi connectivity index (χ1n) is 10.1. The molecular weight excluding hydrogens is 445 g/mol. The van der Waals surface area contributed by atoms with Crippen molar-refractivity contribution in [1.29, 1.82) is 0 Å². The van der Waals surface area contributed by atoms with Gasteiger partial charge in [0.2, 0.25) is 0 Å². The highest BCUT2D eigenvalue weighted by Gasteiger charge is 2.28. The second kappa shape index (κ2) is 8.97. The van der Waals surface area contributed by atoms with Gasteiger partial charge in [-0.2, -0.15) is 0 Å². The molecule has 0 aliphatic heterocycles. The van der Waals surface area contributed by atoms with Crippen LogP contribution >= 0.6 is 23.2 Å². The fourth-order valence-electron chi connectivity index (χ4n) is 4.24. The largest absolute Gasteiger partial charge is 0.476 e. The molecule has 0 atom stereocenters. The smallest absolute Gasteiger partial charge is 0.356 e. The zero-order valence-corrected chi connectivity index (χ0v) is 18.1. The topological polar surface area (TPSA) is 55.1 Å². The molecule has 0 radical (unpaired) electrons. The minimum Gasteiger partial charge on any atom is -0.476 e. The number of carboxylic acid groups (broad SMARTS) is 1. The number of rotatable bonds is 5. The van der Waals surface area contributed by atoms with Crippen molar-refractivity contribution in [2.75, 3.05) is 0 Å². The molecule has 2 aromatic carbocycles. The number of carboxylic acids is 1. The lowest BCUT2D eigenvalue weighted by Crippen LogP contribution is -2.14. The summed E-state index contributed by atoms with van der Waals surface area (Å²) in [6.45, 7) is 0. The van der Waals surface area contributed by atoms with Gasteiger partial charge in [0, 0.05) is 12.0 Å². The van der Waals surface area contributed by atoms with Crippen molar-refractivity contribution >= 4 is 29.2 Å². The summed E-state index contributed by atoms with van der Waals surface area (Å²) in [6.07, 6.45) is 5.89. The van der Waals surface area contributed by atoms with Crippen LogP contribution in [0.4, 0.5) is 8.78 Å². The molecule has 4 nitrogen and oxygen atoms in total. The Labute approximate surface area is 188 Å². The summed E-state index contributed by atoms with van der Waals surface area (Å²) in [5, 5.41) is 9.61. The van der Waals surface area contributed by atoms with Gasteiger partial charge in [-0.3, -0.25) is 4.57 Å². The van der Waals surface area contributed by atoms with Crippen molar-refractivity contribution in [3.8, 4) is 16.9 Å². The van der Waals surface area contributed by atoms with E-state index in [1.54, 1.807) is 6.07 Å². The summed E-state index contributed by atoms with van der Waals surface area (Å²) in [4.78, 5) is 16.5. The van der Waals surface area contributed by atoms with Gasteiger partial charge in [0.1, 0.15) is 11.6 Å². The third kappa shape index (κ3) is 4.32. The first-order valence-corrected chi connectivity index (χ1v) is 10.9. The summed E-state index contributed by atoms with van der Waals surface area (Å²) >= 11 is 12.0. The van der Waals surface area contributed by atoms with Gasteiger partial charge in [-0.15, -0.1) is 0 Å². The first kappa shape index (κ1) is 21.8. The van der Waals surface area contributed by atoms with Crippen molar-refractivity contribution in [2.45, 2.75) is 38.5 Å². The van der Waals surface area contributed by atoms with Crippen LogP contribution in [0.2, 0.25) is 10.0 Å². The molecule has 3 aromatic rings.